The zero-order valence-electron chi connectivity index (χ0n) is 7.24. The number of alkyl halides is 2. The highest BCUT2D eigenvalue weighted by molar-refractivity contribution is 7.85. The predicted octanol–water partition coefficient (Wildman–Crippen LogP) is 2.18. The van der Waals surface area contributed by atoms with Crippen LogP contribution in [0.4, 0.5) is 8.78 Å². The van der Waals surface area contributed by atoms with E-state index in [4.69, 9.17) is 4.55 Å². The fourth-order valence-corrected chi connectivity index (χ4v) is 1.53. The van der Waals surface area contributed by atoms with Crippen LogP contribution in [0.5, 0.6) is 0 Å². The molecule has 0 amide bonds. The maximum atomic E-state index is 12.3. The van der Waals surface area contributed by atoms with Crippen molar-refractivity contribution in [2.24, 2.45) is 0 Å². The molecule has 1 rings (SSSR count). The summed E-state index contributed by atoms with van der Waals surface area (Å²) in [7, 11) is -4.41. The molecule has 0 saturated heterocycles. The van der Waals surface area contributed by atoms with Gasteiger partial charge in [0.2, 0.25) is 0 Å². The molecular weight excluding hydrogens is 214 g/mol. The quantitative estimate of drug-likeness (QED) is 0.780. The first-order chi connectivity index (χ1) is 6.32. The van der Waals surface area contributed by atoms with Gasteiger partial charge in [-0.1, -0.05) is 6.07 Å². The molecule has 0 radical (unpaired) electrons. The van der Waals surface area contributed by atoms with Crippen molar-refractivity contribution >= 4 is 10.1 Å². The Hall–Kier alpha value is -1.01. The van der Waals surface area contributed by atoms with Crippen molar-refractivity contribution < 1.29 is 21.8 Å². The summed E-state index contributed by atoms with van der Waals surface area (Å²) in [5, 5.41) is 0. The van der Waals surface area contributed by atoms with Gasteiger partial charge >= 0.3 is 0 Å². The fourth-order valence-electron chi connectivity index (χ4n) is 1.01. The van der Waals surface area contributed by atoms with E-state index in [1.54, 1.807) is 0 Å². The van der Waals surface area contributed by atoms with Crippen LogP contribution in [0.2, 0.25) is 0 Å². The number of benzene rings is 1. The molecule has 0 saturated carbocycles. The lowest BCUT2D eigenvalue weighted by Crippen LogP contribution is -2.00. The molecule has 1 aromatic carbocycles. The summed E-state index contributed by atoms with van der Waals surface area (Å²) in [6.45, 7) is 1.44. The minimum absolute atomic E-state index is 0.285. The second-order valence-electron chi connectivity index (χ2n) is 2.79. The molecule has 0 spiro atoms. The Balaban J connectivity index is 3.34. The average Bonchev–Trinajstić information content (AvgIpc) is 2.02. The standard InChI is InChI=1S/C8H8F2O3S/c1-5-2-3-6(14(11,12)13)4-7(5)8(9)10/h2-4,8H,1H3,(H,11,12,13). The molecule has 0 heterocycles. The van der Waals surface area contributed by atoms with Gasteiger partial charge in [-0.05, 0) is 24.6 Å². The van der Waals surface area contributed by atoms with Crippen LogP contribution in [0.15, 0.2) is 23.1 Å². The van der Waals surface area contributed by atoms with Crippen LogP contribution in [0.3, 0.4) is 0 Å². The first kappa shape index (κ1) is 11.1. The Morgan fingerprint density at radius 2 is 1.93 bits per heavy atom. The van der Waals surface area contributed by atoms with Crippen LogP contribution >= 0.6 is 0 Å². The minimum Gasteiger partial charge on any atom is -0.282 e. The van der Waals surface area contributed by atoms with Crippen molar-refractivity contribution in [2.75, 3.05) is 0 Å². The topological polar surface area (TPSA) is 54.4 Å². The van der Waals surface area contributed by atoms with Crippen LogP contribution in [0.1, 0.15) is 17.6 Å². The molecule has 6 heteroatoms. The Morgan fingerprint density at radius 1 is 1.36 bits per heavy atom. The summed E-state index contributed by atoms with van der Waals surface area (Å²) in [6, 6.07) is 3.08. The Kier molecular flexibility index (Phi) is 2.86. The van der Waals surface area contributed by atoms with E-state index in [-0.39, 0.29) is 11.1 Å². The molecule has 0 unspecified atom stereocenters. The molecule has 0 atom stereocenters. The smallest absolute Gasteiger partial charge is 0.282 e. The van der Waals surface area contributed by atoms with E-state index >= 15 is 0 Å². The molecule has 1 aromatic rings. The third-order valence-corrected chi connectivity index (χ3v) is 2.63. The van der Waals surface area contributed by atoms with Gasteiger partial charge in [0, 0.05) is 5.56 Å². The summed E-state index contributed by atoms with van der Waals surface area (Å²) < 4.78 is 54.5. The summed E-state index contributed by atoms with van der Waals surface area (Å²) in [4.78, 5) is -0.515. The normalized spacial score (nSPS) is 12.1. The summed E-state index contributed by atoms with van der Waals surface area (Å²) in [5.41, 5.74) is -0.104. The molecule has 1 N–H and O–H groups in total. The Bertz CT molecular complexity index is 440. The molecule has 3 nitrogen and oxygen atoms in total. The van der Waals surface area contributed by atoms with Crippen molar-refractivity contribution in [3.63, 3.8) is 0 Å². The van der Waals surface area contributed by atoms with Crippen LogP contribution in [-0.4, -0.2) is 13.0 Å². The summed E-state index contributed by atoms with van der Waals surface area (Å²) >= 11 is 0. The molecule has 14 heavy (non-hydrogen) atoms. The van der Waals surface area contributed by atoms with Gasteiger partial charge < -0.3 is 0 Å². The number of halogens is 2. The maximum absolute atomic E-state index is 12.3. The lowest BCUT2D eigenvalue weighted by molar-refractivity contribution is 0.150. The van der Waals surface area contributed by atoms with Gasteiger partial charge in [-0.3, -0.25) is 4.55 Å². The zero-order valence-corrected chi connectivity index (χ0v) is 8.05. The van der Waals surface area contributed by atoms with E-state index in [0.29, 0.717) is 0 Å². The Labute approximate surface area is 80.1 Å². The number of hydrogen-bond acceptors (Lipinski definition) is 2. The molecule has 0 aliphatic carbocycles. The van der Waals surface area contributed by atoms with Gasteiger partial charge in [0.1, 0.15) is 0 Å². The van der Waals surface area contributed by atoms with Crippen LogP contribution in [0.25, 0.3) is 0 Å². The maximum Gasteiger partial charge on any atom is 0.294 e. The monoisotopic (exact) mass is 222 g/mol. The van der Waals surface area contributed by atoms with E-state index in [0.717, 1.165) is 12.1 Å². The van der Waals surface area contributed by atoms with E-state index in [1.807, 2.05) is 0 Å². The van der Waals surface area contributed by atoms with Gasteiger partial charge in [0.05, 0.1) is 4.90 Å². The van der Waals surface area contributed by atoms with Crippen molar-refractivity contribution in [2.45, 2.75) is 18.2 Å². The van der Waals surface area contributed by atoms with E-state index < -0.39 is 21.4 Å². The van der Waals surface area contributed by atoms with E-state index in [2.05, 4.69) is 0 Å². The van der Waals surface area contributed by atoms with Crippen molar-refractivity contribution in [3.05, 3.63) is 29.3 Å². The first-order valence-corrected chi connectivity index (χ1v) is 5.12. The van der Waals surface area contributed by atoms with Crippen LogP contribution in [0, 0.1) is 6.92 Å². The van der Waals surface area contributed by atoms with Crippen molar-refractivity contribution in [3.8, 4) is 0 Å². The first-order valence-electron chi connectivity index (χ1n) is 3.68. The highest BCUT2D eigenvalue weighted by Crippen LogP contribution is 2.25. The summed E-state index contributed by atoms with van der Waals surface area (Å²) in [5.74, 6) is 0. The third-order valence-electron chi connectivity index (χ3n) is 1.78. The van der Waals surface area contributed by atoms with Gasteiger partial charge in [0.15, 0.2) is 0 Å². The van der Waals surface area contributed by atoms with Gasteiger partial charge in [0.25, 0.3) is 16.5 Å². The number of aryl methyl sites for hydroxylation is 1. The van der Waals surface area contributed by atoms with Crippen LogP contribution < -0.4 is 0 Å². The van der Waals surface area contributed by atoms with Crippen molar-refractivity contribution in [1.29, 1.82) is 0 Å². The van der Waals surface area contributed by atoms with Crippen LogP contribution in [-0.2, 0) is 10.1 Å². The second kappa shape index (κ2) is 3.62. The molecular formula is C8H8F2O3S. The van der Waals surface area contributed by atoms with Gasteiger partial charge in [-0.25, -0.2) is 8.78 Å². The fraction of sp³-hybridized carbons (Fsp3) is 0.250. The lowest BCUT2D eigenvalue weighted by atomic mass is 10.1. The predicted molar refractivity (Wildman–Crippen MR) is 46.0 cm³/mol. The molecule has 0 fully saturated rings. The highest BCUT2D eigenvalue weighted by Gasteiger charge is 2.16. The Morgan fingerprint density at radius 3 is 2.36 bits per heavy atom. The SMILES string of the molecule is Cc1ccc(S(=O)(=O)O)cc1C(F)F. The van der Waals surface area contributed by atoms with E-state index in [9.17, 15) is 17.2 Å². The molecule has 0 aromatic heterocycles. The molecule has 0 aliphatic rings. The number of rotatable bonds is 2. The average molecular weight is 222 g/mol. The zero-order chi connectivity index (χ0) is 10.9. The second-order valence-corrected chi connectivity index (χ2v) is 4.22. The summed E-state index contributed by atoms with van der Waals surface area (Å²) in [6.07, 6.45) is -2.75. The third kappa shape index (κ3) is 2.27. The van der Waals surface area contributed by atoms with Gasteiger partial charge in [-0.2, -0.15) is 8.42 Å². The molecule has 0 aliphatic heterocycles. The van der Waals surface area contributed by atoms with E-state index in [1.165, 1.54) is 13.0 Å². The highest BCUT2D eigenvalue weighted by atomic mass is 32.2. The number of hydrogen-bond donors (Lipinski definition) is 1. The lowest BCUT2D eigenvalue weighted by Gasteiger charge is -2.05. The van der Waals surface area contributed by atoms with Crippen molar-refractivity contribution in [1.82, 2.24) is 0 Å². The molecule has 78 valence electrons. The minimum atomic E-state index is -4.41. The molecule has 0 bridgehead atoms. The van der Waals surface area contributed by atoms with Gasteiger partial charge in [-0.15, -0.1) is 0 Å². The largest absolute Gasteiger partial charge is 0.294 e.